The van der Waals surface area contributed by atoms with Crippen LogP contribution in [0.5, 0.6) is 0 Å². The zero-order valence-electron chi connectivity index (χ0n) is 19.1. The van der Waals surface area contributed by atoms with Crippen molar-refractivity contribution in [2.24, 2.45) is 0 Å². The van der Waals surface area contributed by atoms with Crippen molar-refractivity contribution in [3.8, 4) is 33.8 Å². The molecule has 0 atom stereocenters. The average molecular weight is 514 g/mol. The number of nitrogens with one attached hydrogen (secondary N) is 1. The van der Waals surface area contributed by atoms with Crippen LogP contribution in [0.25, 0.3) is 33.8 Å². The fraction of sp³-hybridized carbons (Fsp3) is 0.154. The summed E-state index contributed by atoms with van der Waals surface area (Å²) in [7, 11) is -3.79. The highest BCUT2D eigenvalue weighted by atomic mass is 32.2. The normalized spacial score (nSPS) is 12.0. The van der Waals surface area contributed by atoms with Crippen LogP contribution in [-0.4, -0.2) is 36.6 Å². The Hall–Kier alpha value is -3.60. The first kappa shape index (κ1) is 25.5. The van der Waals surface area contributed by atoms with Crippen LogP contribution in [0, 0.1) is 6.92 Å². The van der Waals surface area contributed by atoms with Crippen molar-refractivity contribution in [1.82, 2.24) is 14.7 Å². The molecule has 0 saturated heterocycles. The third-order valence-electron chi connectivity index (χ3n) is 5.35. The lowest BCUT2D eigenvalue weighted by Crippen LogP contribution is -2.26. The molecule has 36 heavy (non-hydrogen) atoms. The van der Waals surface area contributed by atoms with Gasteiger partial charge in [0, 0.05) is 17.8 Å². The van der Waals surface area contributed by atoms with Crippen LogP contribution >= 0.6 is 0 Å². The average Bonchev–Trinajstić information content (AvgIpc) is 2.87. The SMILES string of the molecule is Cc1cc(-c2ccc(C(F)(F)F)cc2)cc(-c2cccc(-c3cccc(S(=O)(=O)NCCO)c3)n2)n1. The molecule has 2 heterocycles. The number of benzene rings is 2. The first-order chi connectivity index (χ1) is 17.1. The molecule has 0 bridgehead atoms. The summed E-state index contributed by atoms with van der Waals surface area (Å²) in [6.45, 7) is 1.37. The van der Waals surface area contributed by atoms with E-state index in [1.165, 1.54) is 24.3 Å². The second-order valence-electron chi connectivity index (χ2n) is 8.01. The van der Waals surface area contributed by atoms with E-state index in [0.29, 0.717) is 39.5 Å². The van der Waals surface area contributed by atoms with Gasteiger partial charge in [-0.3, -0.25) is 4.98 Å². The summed E-state index contributed by atoms with van der Waals surface area (Å²) < 4.78 is 66.0. The molecule has 0 amide bonds. The summed E-state index contributed by atoms with van der Waals surface area (Å²) in [5.74, 6) is 0. The number of aliphatic hydroxyl groups is 1. The molecule has 0 spiro atoms. The number of aromatic nitrogens is 2. The molecule has 0 aliphatic heterocycles. The van der Waals surface area contributed by atoms with E-state index in [4.69, 9.17) is 5.11 Å². The number of aliphatic hydroxyl groups excluding tert-OH is 1. The van der Waals surface area contributed by atoms with Crippen molar-refractivity contribution < 1.29 is 26.7 Å². The Morgan fingerprint density at radius 2 is 1.50 bits per heavy atom. The number of aryl methyl sites for hydroxylation is 1. The minimum absolute atomic E-state index is 0.0407. The van der Waals surface area contributed by atoms with Gasteiger partial charge < -0.3 is 5.11 Å². The van der Waals surface area contributed by atoms with Crippen LogP contribution in [0.15, 0.2) is 83.8 Å². The topological polar surface area (TPSA) is 92.2 Å². The third-order valence-corrected chi connectivity index (χ3v) is 6.81. The minimum Gasteiger partial charge on any atom is -0.395 e. The maximum absolute atomic E-state index is 12.9. The van der Waals surface area contributed by atoms with E-state index in [-0.39, 0.29) is 18.0 Å². The molecule has 0 saturated carbocycles. The van der Waals surface area contributed by atoms with Crippen molar-refractivity contribution in [3.63, 3.8) is 0 Å². The molecule has 0 aliphatic rings. The number of sulfonamides is 1. The van der Waals surface area contributed by atoms with Crippen LogP contribution in [-0.2, 0) is 16.2 Å². The highest BCUT2D eigenvalue weighted by molar-refractivity contribution is 7.89. The van der Waals surface area contributed by atoms with Gasteiger partial charge in [0.05, 0.1) is 34.1 Å². The molecule has 2 N–H and O–H groups in total. The van der Waals surface area contributed by atoms with Crippen molar-refractivity contribution in [1.29, 1.82) is 0 Å². The van der Waals surface area contributed by atoms with Gasteiger partial charge in [-0.25, -0.2) is 18.1 Å². The molecule has 4 aromatic rings. The van der Waals surface area contributed by atoms with E-state index in [1.54, 1.807) is 49.4 Å². The van der Waals surface area contributed by atoms with E-state index < -0.39 is 21.8 Å². The lowest BCUT2D eigenvalue weighted by molar-refractivity contribution is -0.137. The summed E-state index contributed by atoms with van der Waals surface area (Å²) in [5, 5.41) is 8.92. The number of hydrogen-bond acceptors (Lipinski definition) is 5. The van der Waals surface area contributed by atoms with Gasteiger partial charge in [-0.2, -0.15) is 13.2 Å². The number of alkyl halides is 3. The van der Waals surface area contributed by atoms with E-state index in [9.17, 15) is 21.6 Å². The van der Waals surface area contributed by atoms with E-state index in [2.05, 4.69) is 14.7 Å². The molecule has 2 aromatic heterocycles. The summed E-state index contributed by atoms with van der Waals surface area (Å²) in [4.78, 5) is 9.23. The molecule has 0 radical (unpaired) electrons. The molecule has 4 rings (SSSR count). The summed E-state index contributed by atoms with van der Waals surface area (Å²) >= 11 is 0. The Bertz CT molecular complexity index is 1490. The van der Waals surface area contributed by atoms with Crippen LogP contribution in [0.1, 0.15) is 11.3 Å². The van der Waals surface area contributed by atoms with Crippen molar-refractivity contribution in [2.45, 2.75) is 18.0 Å². The minimum atomic E-state index is -4.41. The van der Waals surface area contributed by atoms with Gasteiger partial charge in [0.15, 0.2) is 0 Å². The van der Waals surface area contributed by atoms with Gasteiger partial charge >= 0.3 is 6.18 Å². The fourth-order valence-corrected chi connectivity index (χ4v) is 4.71. The molecule has 6 nitrogen and oxygen atoms in total. The Kier molecular flexibility index (Phi) is 7.21. The van der Waals surface area contributed by atoms with Crippen molar-refractivity contribution in [3.05, 3.63) is 90.1 Å². The molecule has 186 valence electrons. The van der Waals surface area contributed by atoms with Crippen molar-refractivity contribution in [2.75, 3.05) is 13.2 Å². The van der Waals surface area contributed by atoms with Crippen LogP contribution < -0.4 is 4.72 Å². The van der Waals surface area contributed by atoms with Crippen molar-refractivity contribution >= 4 is 10.0 Å². The number of rotatable bonds is 7. The Morgan fingerprint density at radius 3 is 2.19 bits per heavy atom. The van der Waals surface area contributed by atoms with Crippen LogP contribution in [0.2, 0.25) is 0 Å². The monoisotopic (exact) mass is 513 g/mol. The Morgan fingerprint density at radius 1 is 0.806 bits per heavy atom. The second kappa shape index (κ2) is 10.2. The first-order valence-corrected chi connectivity index (χ1v) is 12.4. The number of nitrogens with zero attached hydrogens (tertiary/aromatic N) is 2. The highest BCUT2D eigenvalue weighted by Gasteiger charge is 2.30. The van der Waals surface area contributed by atoms with Gasteiger partial charge in [0.1, 0.15) is 0 Å². The van der Waals surface area contributed by atoms with Gasteiger partial charge in [-0.15, -0.1) is 0 Å². The molecular weight excluding hydrogens is 491 g/mol. The van der Waals surface area contributed by atoms with E-state index in [1.807, 2.05) is 0 Å². The van der Waals surface area contributed by atoms with E-state index in [0.717, 1.165) is 12.1 Å². The van der Waals surface area contributed by atoms with Gasteiger partial charge in [-0.1, -0.05) is 30.3 Å². The second-order valence-corrected chi connectivity index (χ2v) is 9.78. The largest absolute Gasteiger partial charge is 0.416 e. The quantitative estimate of drug-likeness (QED) is 0.360. The molecule has 0 fully saturated rings. The molecular formula is C26H22F3N3O3S. The lowest BCUT2D eigenvalue weighted by Gasteiger charge is -2.11. The van der Waals surface area contributed by atoms with Gasteiger partial charge in [-0.05, 0) is 66.6 Å². The molecule has 0 unspecified atom stereocenters. The summed E-state index contributed by atoms with van der Waals surface area (Å²) in [5.41, 5.74) is 3.39. The van der Waals surface area contributed by atoms with Crippen LogP contribution in [0.3, 0.4) is 0 Å². The third kappa shape index (κ3) is 5.78. The Balaban J connectivity index is 1.69. The predicted molar refractivity (Wildman–Crippen MR) is 130 cm³/mol. The molecule has 2 aromatic carbocycles. The fourth-order valence-electron chi connectivity index (χ4n) is 3.64. The molecule has 0 aliphatic carbocycles. The van der Waals surface area contributed by atoms with Gasteiger partial charge in [0.25, 0.3) is 0 Å². The standard InChI is InChI=1S/C26H22F3N3O3S/c1-17-14-20(18-8-10-21(11-9-18)26(27,28)29)16-25(31-17)24-7-3-6-23(32-24)19-4-2-5-22(15-19)36(34,35)30-12-13-33/h2-11,14-16,30,33H,12-13H2,1H3. The smallest absolute Gasteiger partial charge is 0.395 e. The maximum atomic E-state index is 12.9. The Labute approximate surface area is 206 Å². The summed E-state index contributed by atoms with van der Waals surface area (Å²) in [6, 6.07) is 20.0. The summed E-state index contributed by atoms with van der Waals surface area (Å²) in [6.07, 6.45) is -4.41. The lowest BCUT2D eigenvalue weighted by atomic mass is 10.0. The molecule has 10 heteroatoms. The zero-order valence-corrected chi connectivity index (χ0v) is 19.9. The zero-order chi connectivity index (χ0) is 25.9. The number of halogens is 3. The number of pyridine rings is 2. The van der Waals surface area contributed by atoms with Crippen LogP contribution in [0.4, 0.5) is 13.2 Å². The highest BCUT2D eigenvalue weighted by Crippen LogP contribution is 2.32. The van der Waals surface area contributed by atoms with Gasteiger partial charge in [0.2, 0.25) is 10.0 Å². The maximum Gasteiger partial charge on any atom is 0.416 e. The first-order valence-electron chi connectivity index (χ1n) is 10.9. The van der Waals surface area contributed by atoms with E-state index >= 15 is 0 Å². The number of hydrogen-bond donors (Lipinski definition) is 2. The predicted octanol–water partition coefficient (Wildman–Crippen LogP) is 5.08.